The van der Waals surface area contributed by atoms with Gasteiger partial charge in [-0.2, -0.15) is 4.31 Å². The highest BCUT2D eigenvalue weighted by atomic mass is 32.2. The van der Waals surface area contributed by atoms with Gasteiger partial charge in [0.25, 0.3) is 0 Å². The van der Waals surface area contributed by atoms with Gasteiger partial charge in [-0.1, -0.05) is 12.1 Å². The molecule has 118 valence electrons. The lowest BCUT2D eigenvalue weighted by atomic mass is 10.3. The maximum atomic E-state index is 13.8. The van der Waals surface area contributed by atoms with Crippen molar-refractivity contribution in [1.82, 2.24) is 9.21 Å². The molecule has 1 fully saturated rings. The molecule has 0 unspecified atom stereocenters. The van der Waals surface area contributed by atoms with Crippen molar-refractivity contribution in [2.45, 2.75) is 17.7 Å². The summed E-state index contributed by atoms with van der Waals surface area (Å²) >= 11 is 0. The second kappa shape index (κ2) is 7.31. The van der Waals surface area contributed by atoms with Crippen molar-refractivity contribution in [1.29, 1.82) is 0 Å². The Labute approximate surface area is 125 Å². The van der Waals surface area contributed by atoms with Crippen LogP contribution in [-0.2, 0) is 10.0 Å². The molecule has 1 saturated heterocycles. The van der Waals surface area contributed by atoms with Gasteiger partial charge in [0, 0.05) is 19.6 Å². The molecule has 1 aromatic rings. The van der Waals surface area contributed by atoms with Crippen LogP contribution in [0.1, 0.15) is 12.8 Å². The summed E-state index contributed by atoms with van der Waals surface area (Å²) in [5.41, 5.74) is 5.50. The molecule has 0 aromatic heterocycles. The van der Waals surface area contributed by atoms with Crippen molar-refractivity contribution in [3.05, 3.63) is 30.1 Å². The Morgan fingerprint density at radius 3 is 2.62 bits per heavy atom. The number of halogens is 1. The normalized spacial score (nSPS) is 18.6. The predicted molar refractivity (Wildman–Crippen MR) is 79.9 cm³/mol. The highest BCUT2D eigenvalue weighted by molar-refractivity contribution is 7.89. The van der Waals surface area contributed by atoms with E-state index < -0.39 is 15.8 Å². The van der Waals surface area contributed by atoms with Crippen LogP contribution < -0.4 is 5.73 Å². The summed E-state index contributed by atoms with van der Waals surface area (Å²) in [4.78, 5) is 1.98. The van der Waals surface area contributed by atoms with Crippen molar-refractivity contribution in [2.75, 3.05) is 39.3 Å². The molecule has 1 aromatic carbocycles. The third-order valence-corrected chi connectivity index (χ3v) is 5.61. The van der Waals surface area contributed by atoms with Gasteiger partial charge in [0.15, 0.2) is 0 Å². The molecule has 5 nitrogen and oxygen atoms in total. The Balaban J connectivity index is 2.09. The summed E-state index contributed by atoms with van der Waals surface area (Å²) in [5, 5.41) is 0. The van der Waals surface area contributed by atoms with Gasteiger partial charge in [-0.3, -0.25) is 0 Å². The lowest BCUT2D eigenvalue weighted by Gasteiger charge is -2.21. The van der Waals surface area contributed by atoms with Crippen molar-refractivity contribution in [2.24, 2.45) is 5.73 Å². The summed E-state index contributed by atoms with van der Waals surface area (Å²) in [5.74, 6) is -0.693. The molecule has 0 radical (unpaired) electrons. The zero-order chi connectivity index (χ0) is 15.3. The minimum atomic E-state index is -3.75. The third kappa shape index (κ3) is 4.00. The maximum absolute atomic E-state index is 13.8. The lowest BCUT2D eigenvalue weighted by molar-refractivity contribution is 0.284. The van der Waals surface area contributed by atoms with Crippen LogP contribution in [0.15, 0.2) is 29.2 Å². The number of nitrogens with zero attached hydrogens (tertiary/aromatic N) is 2. The van der Waals surface area contributed by atoms with Crippen LogP contribution in [0.2, 0.25) is 0 Å². The van der Waals surface area contributed by atoms with E-state index in [1.54, 1.807) is 6.07 Å². The van der Waals surface area contributed by atoms with Crippen molar-refractivity contribution in [3.8, 4) is 0 Å². The molecule has 1 aliphatic rings. The average molecular weight is 315 g/mol. The lowest BCUT2D eigenvalue weighted by Crippen LogP contribution is -2.36. The summed E-state index contributed by atoms with van der Waals surface area (Å²) < 4.78 is 40.2. The Bertz CT molecular complexity index is 565. The zero-order valence-corrected chi connectivity index (χ0v) is 12.9. The van der Waals surface area contributed by atoms with Gasteiger partial charge in [0.1, 0.15) is 10.7 Å². The standard InChI is InChI=1S/C14H22FN3O2S/c15-13-5-1-2-6-14(13)21(19,20)18-10-4-9-17(11-12-18)8-3-7-16/h1-2,5-6H,3-4,7-12,16H2. The van der Waals surface area contributed by atoms with Crippen LogP contribution in [0.25, 0.3) is 0 Å². The summed E-state index contributed by atoms with van der Waals surface area (Å²) in [6.07, 6.45) is 1.65. The highest BCUT2D eigenvalue weighted by Crippen LogP contribution is 2.20. The fourth-order valence-electron chi connectivity index (χ4n) is 2.52. The topological polar surface area (TPSA) is 66.6 Å². The van der Waals surface area contributed by atoms with Crippen LogP contribution >= 0.6 is 0 Å². The predicted octanol–water partition coefficient (Wildman–Crippen LogP) is 0.871. The van der Waals surface area contributed by atoms with Crippen molar-refractivity contribution >= 4 is 10.0 Å². The van der Waals surface area contributed by atoms with E-state index in [1.807, 2.05) is 0 Å². The molecule has 0 atom stereocenters. The summed E-state index contributed by atoms with van der Waals surface area (Å²) in [6.45, 7) is 3.84. The molecule has 1 aliphatic heterocycles. The molecular weight excluding hydrogens is 293 g/mol. The van der Waals surface area contributed by atoms with E-state index in [4.69, 9.17) is 5.73 Å². The van der Waals surface area contributed by atoms with Crippen LogP contribution in [0.4, 0.5) is 4.39 Å². The van der Waals surface area contributed by atoms with Gasteiger partial charge in [0.05, 0.1) is 0 Å². The fourth-order valence-corrected chi connectivity index (χ4v) is 4.05. The average Bonchev–Trinajstić information content (AvgIpc) is 2.71. The number of hydrogen-bond donors (Lipinski definition) is 1. The Morgan fingerprint density at radius 1 is 1.14 bits per heavy atom. The van der Waals surface area contributed by atoms with E-state index >= 15 is 0 Å². The minimum Gasteiger partial charge on any atom is -0.330 e. The molecule has 0 spiro atoms. The van der Waals surface area contributed by atoms with E-state index in [0.29, 0.717) is 26.2 Å². The molecule has 2 N–H and O–H groups in total. The number of hydrogen-bond acceptors (Lipinski definition) is 4. The van der Waals surface area contributed by atoms with Crippen LogP contribution in [-0.4, -0.2) is 56.9 Å². The molecule has 0 amide bonds. The van der Waals surface area contributed by atoms with E-state index in [0.717, 1.165) is 25.9 Å². The van der Waals surface area contributed by atoms with Crippen molar-refractivity contribution in [3.63, 3.8) is 0 Å². The molecule has 0 bridgehead atoms. The molecule has 0 aliphatic carbocycles. The van der Waals surface area contributed by atoms with E-state index in [-0.39, 0.29) is 4.90 Å². The van der Waals surface area contributed by atoms with Gasteiger partial charge >= 0.3 is 0 Å². The largest absolute Gasteiger partial charge is 0.330 e. The molecule has 7 heteroatoms. The van der Waals surface area contributed by atoms with Gasteiger partial charge in [0.2, 0.25) is 10.0 Å². The second-order valence-corrected chi connectivity index (χ2v) is 7.08. The number of nitrogens with two attached hydrogens (primary N) is 1. The molecule has 2 rings (SSSR count). The zero-order valence-electron chi connectivity index (χ0n) is 12.0. The first-order chi connectivity index (χ1) is 10.1. The van der Waals surface area contributed by atoms with Gasteiger partial charge in [-0.05, 0) is 44.6 Å². The first-order valence-electron chi connectivity index (χ1n) is 7.23. The maximum Gasteiger partial charge on any atom is 0.246 e. The molecule has 0 saturated carbocycles. The molecule has 1 heterocycles. The monoisotopic (exact) mass is 315 g/mol. The van der Waals surface area contributed by atoms with Crippen molar-refractivity contribution < 1.29 is 12.8 Å². The van der Waals surface area contributed by atoms with E-state index in [1.165, 1.54) is 22.5 Å². The first kappa shape index (κ1) is 16.4. The van der Waals surface area contributed by atoms with Gasteiger partial charge < -0.3 is 10.6 Å². The Kier molecular flexibility index (Phi) is 5.69. The Morgan fingerprint density at radius 2 is 1.90 bits per heavy atom. The minimum absolute atomic E-state index is 0.236. The quantitative estimate of drug-likeness (QED) is 0.875. The molecular formula is C14H22FN3O2S. The number of benzene rings is 1. The van der Waals surface area contributed by atoms with E-state index in [9.17, 15) is 12.8 Å². The summed E-state index contributed by atoms with van der Waals surface area (Å²) in [7, 11) is -3.75. The highest BCUT2D eigenvalue weighted by Gasteiger charge is 2.28. The third-order valence-electron chi connectivity index (χ3n) is 3.68. The molecule has 21 heavy (non-hydrogen) atoms. The number of sulfonamides is 1. The van der Waals surface area contributed by atoms with Crippen LogP contribution in [0, 0.1) is 5.82 Å². The van der Waals surface area contributed by atoms with Crippen LogP contribution in [0.5, 0.6) is 0 Å². The van der Waals surface area contributed by atoms with Gasteiger partial charge in [-0.25, -0.2) is 12.8 Å². The fraction of sp³-hybridized carbons (Fsp3) is 0.571. The first-order valence-corrected chi connectivity index (χ1v) is 8.67. The smallest absolute Gasteiger partial charge is 0.246 e. The second-order valence-electron chi connectivity index (χ2n) is 5.17. The van der Waals surface area contributed by atoms with E-state index in [2.05, 4.69) is 4.90 Å². The summed E-state index contributed by atoms with van der Waals surface area (Å²) in [6, 6.07) is 5.53. The van der Waals surface area contributed by atoms with Crippen LogP contribution in [0.3, 0.4) is 0 Å². The Hall–Kier alpha value is -1.02. The SMILES string of the molecule is NCCCN1CCCN(S(=O)(=O)c2ccccc2F)CC1. The van der Waals surface area contributed by atoms with Gasteiger partial charge in [-0.15, -0.1) is 0 Å². The number of rotatable bonds is 5.